The van der Waals surface area contributed by atoms with Crippen LogP contribution in [-0.2, 0) is 21.1 Å². The SMILES string of the molecule is Fc1ccc(C2=CC[N-]CC2)cc1.[W]. The molecule has 0 aromatic heterocycles. The molecule has 0 amide bonds. The molecule has 0 saturated carbocycles. The molecular weight excluding hydrogens is 349 g/mol. The Balaban J connectivity index is 0.000000980. The van der Waals surface area contributed by atoms with Gasteiger partial charge in [-0.3, -0.25) is 0 Å². The zero-order valence-electron chi connectivity index (χ0n) is 7.74. The predicted octanol–water partition coefficient (Wildman–Crippen LogP) is 2.98. The molecule has 0 bridgehead atoms. The molecule has 0 N–H and O–H groups in total. The van der Waals surface area contributed by atoms with Crippen molar-refractivity contribution in [2.24, 2.45) is 0 Å². The summed E-state index contributed by atoms with van der Waals surface area (Å²) in [6.07, 6.45) is 3.09. The molecule has 1 aliphatic heterocycles. The van der Waals surface area contributed by atoms with Crippen LogP contribution in [0.1, 0.15) is 12.0 Å². The van der Waals surface area contributed by atoms with Crippen molar-refractivity contribution in [3.05, 3.63) is 47.0 Å². The van der Waals surface area contributed by atoms with Crippen molar-refractivity contribution in [3.8, 4) is 0 Å². The zero-order chi connectivity index (χ0) is 9.10. The topological polar surface area (TPSA) is 14.1 Å². The van der Waals surface area contributed by atoms with Crippen LogP contribution in [0.15, 0.2) is 30.3 Å². The Morgan fingerprint density at radius 1 is 1.14 bits per heavy atom. The molecule has 1 aromatic carbocycles. The third-order valence-corrected chi connectivity index (χ3v) is 2.22. The maximum atomic E-state index is 12.6. The second kappa shape index (κ2) is 5.43. The van der Waals surface area contributed by atoms with Crippen LogP contribution in [0.4, 0.5) is 4.39 Å². The van der Waals surface area contributed by atoms with Crippen LogP contribution in [0.5, 0.6) is 0 Å². The number of hydrogen-bond acceptors (Lipinski definition) is 0. The minimum atomic E-state index is -0.176. The van der Waals surface area contributed by atoms with Crippen molar-refractivity contribution >= 4 is 5.57 Å². The molecule has 14 heavy (non-hydrogen) atoms. The van der Waals surface area contributed by atoms with Gasteiger partial charge in [-0.25, -0.2) is 4.39 Å². The Hall–Kier alpha value is -0.462. The van der Waals surface area contributed by atoms with Crippen molar-refractivity contribution < 1.29 is 25.5 Å². The standard InChI is InChI=1S/C11H11FN.W/c12-11-3-1-9(2-4-11)10-5-7-13-8-6-10;/h1-5H,6-8H2;/q-1;. The summed E-state index contributed by atoms with van der Waals surface area (Å²) in [6, 6.07) is 6.66. The van der Waals surface area contributed by atoms with Crippen molar-refractivity contribution in [2.45, 2.75) is 6.42 Å². The van der Waals surface area contributed by atoms with E-state index in [1.54, 1.807) is 0 Å². The fourth-order valence-electron chi connectivity index (χ4n) is 1.49. The monoisotopic (exact) mass is 360 g/mol. The van der Waals surface area contributed by atoms with E-state index in [0.717, 1.165) is 25.1 Å². The summed E-state index contributed by atoms with van der Waals surface area (Å²) in [7, 11) is 0. The van der Waals surface area contributed by atoms with E-state index < -0.39 is 0 Å². The molecule has 1 aliphatic rings. The second-order valence-corrected chi connectivity index (χ2v) is 3.12. The Morgan fingerprint density at radius 2 is 1.86 bits per heavy atom. The number of benzene rings is 1. The fraction of sp³-hybridized carbons (Fsp3) is 0.273. The molecule has 2 rings (SSSR count). The van der Waals surface area contributed by atoms with Crippen molar-refractivity contribution in [1.29, 1.82) is 0 Å². The summed E-state index contributed by atoms with van der Waals surface area (Å²) >= 11 is 0. The van der Waals surface area contributed by atoms with Crippen LogP contribution in [-0.4, -0.2) is 13.1 Å². The molecular formula is C11H11FNW-. The minimum Gasteiger partial charge on any atom is -0.659 e. The largest absolute Gasteiger partial charge is 0.659 e. The molecule has 74 valence electrons. The molecule has 1 aromatic rings. The van der Waals surface area contributed by atoms with Gasteiger partial charge in [0, 0.05) is 21.1 Å². The molecule has 0 saturated heterocycles. The van der Waals surface area contributed by atoms with E-state index in [2.05, 4.69) is 11.4 Å². The summed E-state index contributed by atoms with van der Waals surface area (Å²) in [5.74, 6) is -0.176. The average Bonchev–Trinajstić information content (AvgIpc) is 2.20. The van der Waals surface area contributed by atoms with Gasteiger partial charge in [0.2, 0.25) is 0 Å². The van der Waals surface area contributed by atoms with E-state index in [4.69, 9.17) is 0 Å². The smallest absolute Gasteiger partial charge is 0.123 e. The van der Waals surface area contributed by atoms with Gasteiger partial charge in [-0.05, 0) is 29.7 Å². The first-order chi connectivity index (χ1) is 6.36. The summed E-state index contributed by atoms with van der Waals surface area (Å²) in [5, 5.41) is 4.22. The number of nitrogens with zero attached hydrogens (tertiary/aromatic N) is 1. The van der Waals surface area contributed by atoms with E-state index in [9.17, 15) is 4.39 Å². The molecule has 0 aliphatic carbocycles. The van der Waals surface area contributed by atoms with Gasteiger partial charge in [0.05, 0.1) is 0 Å². The molecule has 0 radical (unpaired) electrons. The molecule has 0 unspecified atom stereocenters. The molecule has 1 heterocycles. The van der Waals surface area contributed by atoms with Gasteiger partial charge in [-0.2, -0.15) is 0 Å². The van der Waals surface area contributed by atoms with E-state index in [1.165, 1.54) is 17.7 Å². The van der Waals surface area contributed by atoms with Crippen LogP contribution in [0.25, 0.3) is 10.9 Å². The maximum absolute atomic E-state index is 12.6. The third-order valence-electron chi connectivity index (χ3n) is 2.22. The molecule has 3 heteroatoms. The van der Waals surface area contributed by atoms with Crippen molar-refractivity contribution in [2.75, 3.05) is 13.1 Å². The van der Waals surface area contributed by atoms with Gasteiger partial charge in [0.25, 0.3) is 0 Å². The van der Waals surface area contributed by atoms with Crippen LogP contribution >= 0.6 is 0 Å². The zero-order valence-corrected chi connectivity index (χ0v) is 10.7. The van der Waals surface area contributed by atoms with E-state index >= 15 is 0 Å². The number of rotatable bonds is 1. The normalized spacial score (nSPS) is 15.6. The molecule has 0 spiro atoms. The Labute approximate surface area is 97.7 Å². The summed E-state index contributed by atoms with van der Waals surface area (Å²) in [4.78, 5) is 0. The number of hydrogen-bond donors (Lipinski definition) is 0. The van der Waals surface area contributed by atoms with Crippen LogP contribution in [0.2, 0.25) is 0 Å². The minimum absolute atomic E-state index is 0. The van der Waals surface area contributed by atoms with Crippen LogP contribution < -0.4 is 0 Å². The van der Waals surface area contributed by atoms with E-state index in [1.807, 2.05) is 12.1 Å². The van der Waals surface area contributed by atoms with Crippen molar-refractivity contribution in [1.82, 2.24) is 0 Å². The van der Waals surface area contributed by atoms with Gasteiger partial charge in [0.1, 0.15) is 5.82 Å². The quantitative estimate of drug-likeness (QED) is 0.731. The first kappa shape index (κ1) is 11.6. The van der Waals surface area contributed by atoms with Crippen LogP contribution in [0.3, 0.4) is 0 Å². The van der Waals surface area contributed by atoms with Gasteiger partial charge in [-0.1, -0.05) is 12.1 Å². The van der Waals surface area contributed by atoms with E-state index in [0.29, 0.717) is 0 Å². The predicted molar refractivity (Wildman–Crippen MR) is 52.1 cm³/mol. The summed E-state index contributed by atoms with van der Waals surface area (Å²) in [6.45, 7) is 1.69. The van der Waals surface area contributed by atoms with E-state index in [-0.39, 0.29) is 26.9 Å². The summed E-state index contributed by atoms with van der Waals surface area (Å²) in [5.41, 5.74) is 2.41. The second-order valence-electron chi connectivity index (χ2n) is 3.12. The average molecular weight is 360 g/mol. The van der Waals surface area contributed by atoms with Gasteiger partial charge in [0.15, 0.2) is 0 Å². The van der Waals surface area contributed by atoms with Crippen LogP contribution in [0, 0.1) is 5.82 Å². The Morgan fingerprint density at radius 3 is 2.43 bits per heavy atom. The third kappa shape index (κ3) is 2.76. The Bertz CT molecular complexity index is 319. The number of halogens is 1. The summed E-state index contributed by atoms with van der Waals surface area (Å²) < 4.78 is 12.6. The van der Waals surface area contributed by atoms with Crippen molar-refractivity contribution in [3.63, 3.8) is 0 Å². The first-order valence-corrected chi connectivity index (χ1v) is 4.44. The van der Waals surface area contributed by atoms with Gasteiger partial charge < -0.3 is 5.32 Å². The maximum Gasteiger partial charge on any atom is 0.123 e. The fourth-order valence-corrected chi connectivity index (χ4v) is 1.49. The molecule has 0 atom stereocenters. The Kier molecular flexibility index (Phi) is 4.50. The molecule has 1 nitrogen and oxygen atoms in total. The van der Waals surface area contributed by atoms with Gasteiger partial charge >= 0.3 is 0 Å². The first-order valence-electron chi connectivity index (χ1n) is 4.44. The van der Waals surface area contributed by atoms with Gasteiger partial charge in [-0.15, -0.1) is 19.2 Å². The molecule has 0 fully saturated rings.